The average Bonchev–Trinajstić information content (AvgIpc) is 3.18. The van der Waals surface area contributed by atoms with Crippen LogP contribution in [0.4, 0.5) is 11.4 Å². The zero-order valence-electron chi connectivity index (χ0n) is 15.5. The van der Waals surface area contributed by atoms with E-state index in [1.54, 1.807) is 0 Å². The van der Waals surface area contributed by atoms with Gasteiger partial charge in [0.1, 0.15) is 21.6 Å². The minimum atomic E-state index is -3.39. The van der Waals surface area contributed by atoms with E-state index in [0.29, 0.717) is 18.8 Å². The predicted octanol–water partition coefficient (Wildman–Crippen LogP) is 1.20. The van der Waals surface area contributed by atoms with E-state index in [1.165, 1.54) is 19.1 Å². The van der Waals surface area contributed by atoms with E-state index in [-0.39, 0.29) is 29.2 Å². The number of hydrogen-bond acceptors (Lipinski definition) is 7. The second-order valence-electron chi connectivity index (χ2n) is 6.54. The molecule has 1 aromatic carbocycles. The summed E-state index contributed by atoms with van der Waals surface area (Å²) in [6.07, 6.45) is 1.58. The van der Waals surface area contributed by atoms with Crippen LogP contribution < -0.4 is 10.2 Å². The standard InChI is InChI=1S/C17H23N3O7S/c1-2-28(26,27)10-7-13(17(22)23)18-16(21)12-5-6-14(15(11-12)20(24)25)19-8-3-4-9-19/h5-6,11,13H,2-4,7-10H2,1H3,(H,18,21)(H,22,23). The molecule has 1 aliphatic heterocycles. The molecule has 154 valence electrons. The van der Waals surface area contributed by atoms with Gasteiger partial charge in [-0.25, -0.2) is 13.2 Å². The highest BCUT2D eigenvalue weighted by Crippen LogP contribution is 2.31. The summed E-state index contributed by atoms with van der Waals surface area (Å²) < 4.78 is 23.2. The van der Waals surface area contributed by atoms with E-state index in [9.17, 15) is 33.2 Å². The minimum absolute atomic E-state index is 0.0563. The zero-order valence-corrected chi connectivity index (χ0v) is 16.3. The smallest absolute Gasteiger partial charge is 0.326 e. The summed E-state index contributed by atoms with van der Waals surface area (Å²) >= 11 is 0. The van der Waals surface area contributed by atoms with Crippen molar-refractivity contribution >= 4 is 33.1 Å². The molecule has 1 heterocycles. The summed E-state index contributed by atoms with van der Waals surface area (Å²) in [5.41, 5.74) is 0.136. The Morgan fingerprint density at radius 1 is 1.32 bits per heavy atom. The Labute approximate surface area is 162 Å². The van der Waals surface area contributed by atoms with E-state index < -0.39 is 32.7 Å². The molecule has 2 N–H and O–H groups in total. The third-order valence-corrected chi connectivity index (χ3v) is 6.38. The monoisotopic (exact) mass is 413 g/mol. The van der Waals surface area contributed by atoms with Gasteiger partial charge in [-0.15, -0.1) is 0 Å². The van der Waals surface area contributed by atoms with Gasteiger partial charge < -0.3 is 15.3 Å². The van der Waals surface area contributed by atoms with Gasteiger partial charge in [0, 0.05) is 30.5 Å². The number of carbonyl (C=O) groups excluding carboxylic acids is 1. The van der Waals surface area contributed by atoms with Crippen LogP contribution in [0.1, 0.15) is 36.5 Å². The lowest BCUT2D eigenvalue weighted by atomic mass is 10.1. The molecule has 10 nitrogen and oxygen atoms in total. The van der Waals surface area contributed by atoms with E-state index in [0.717, 1.165) is 18.9 Å². The van der Waals surface area contributed by atoms with Crippen molar-refractivity contribution in [1.29, 1.82) is 0 Å². The first kappa shape index (κ1) is 21.6. The highest BCUT2D eigenvalue weighted by molar-refractivity contribution is 7.91. The number of hydrogen-bond donors (Lipinski definition) is 2. The van der Waals surface area contributed by atoms with Crippen molar-refractivity contribution in [2.45, 2.75) is 32.2 Å². The number of nitro benzene ring substituents is 1. The largest absolute Gasteiger partial charge is 0.480 e. The van der Waals surface area contributed by atoms with Gasteiger partial charge in [-0.1, -0.05) is 6.92 Å². The number of aliphatic carboxylic acids is 1. The molecule has 1 amide bonds. The SMILES string of the molecule is CCS(=O)(=O)CCC(NC(=O)c1ccc(N2CCCC2)c([N+](=O)[O-])c1)C(=O)O. The van der Waals surface area contributed by atoms with Crippen molar-refractivity contribution in [2.24, 2.45) is 0 Å². The van der Waals surface area contributed by atoms with Crippen LogP contribution in [0.25, 0.3) is 0 Å². The maximum atomic E-state index is 12.4. The molecule has 2 rings (SSSR count). The molecule has 1 unspecified atom stereocenters. The van der Waals surface area contributed by atoms with Crippen molar-refractivity contribution in [1.82, 2.24) is 5.32 Å². The van der Waals surface area contributed by atoms with Crippen molar-refractivity contribution < 1.29 is 28.0 Å². The molecule has 1 saturated heterocycles. The lowest BCUT2D eigenvalue weighted by Gasteiger charge is -2.18. The van der Waals surface area contributed by atoms with Crippen LogP contribution in [0.2, 0.25) is 0 Å². The number of carboxylic acid groups (broad SMARTS) is 1. The molecule has 0 saturated carbocycles. The van der Waals surface area contributed by atoms with Crippen LogP contribution in [0.3, 0.4) is 0 Å². The summed E-state index contributed by atoms with van der Waals surface area (Å²) in [7, 11) is -3.39. The Morgan fingerprint density at radius 2 is 1.96 bits per heavy atom. The molecular weight excluding hydrogens is 390 g/mol. The molecule has 1 fully saturated rings. The third kappa shape index (κ3) is 5.41. The first-order chi connectivity index (χ1) is 13.1. The molecule has 0 aliphatic carbocycles. The average molecular weight is 413 g/mol. The molecule has 11 heteroatoms. The van der Waals surface area contributed by atoms with E-state index >= 15 is 0 Å². The van der Waals surface area contributed by atoms with Gasteiger partial charge in [-0.05, 0) is 31.4 Å². The normalized spacial score (nSPS) is 15.2. The summed E-state index contributed by atoms with van der Waals surface area (Å²) in [5, 5.41) is 22.9. The van der Waals surface area contributed by atoms with Gasteiger partial charge in [0.2, 0.25) is 0 Å². The topological polar surface area (TPSA) is 147 Å². The van der Waals surface area contributed by atoms with Gasteiger partial charge in [-0.3, -0.25) is 14.9 Å². The van der Waals surface area contributed by atoms with Crippen molar-refractivity contribution in [3.63, 3.8) is 0 Å². The maximum absolute atomic E-state index is 12.4. The van der Waals surface area contributed by atoms with Gasteiger partial charge in [0.25, 0.3) is 11.6 Å². The molecule has 0 bridgehead atoms. The Hall–Kier alpha value is -2.69. The number of amides is 1. The number of benzene rings is 1. The summed E-state index contributed by atoms with van der Waals surface area (Å²) in [5.74, 6) is -2.69. The van der Waals surface area contributed by atoms with Crippen molar-refractivity contribution in [3.05, 3.63) is 33.9 Å². The fourth-order valence-electron chi connectivity index (χ4n) is 2.98. The second-order valence-corrected chi connectivity index (χ2v) is 9.02. The molecular formula is C17H23N3O7S. The molecule has 1 atom stereocenters. The lowest BCUT2D eigenvalue weighted by molar-refractivity contribution is -0.384. The number of nitrogens with zero attached hydrogens (tertiary/aromatic N) is 2. The first-order valence-corrected chi connectivity index (χ1v) is 10.7. The lowest BCUT2D eigenvalue weighted by Crippen LogP contribution is -2.42. The van der Waals surface area contributed by atoms with Crippen molar-refractivity contribution in [3.8, 4) is 0 Å². The third-order valence-electron chi connectivity index (χ3n) is 4.64. The zero-order chi connectivity index (χ0) is 20.9. The summed E-state index contributed by atoms with van der Waals surface area (Å²) in [6, 6.07) is 2.59. The summed E-state index contributed by atoms with van der Waals surface area (Å²) in [4.78, 5) is 36.5. The Morgan fingerprint density at radius 3 is 2.50 bits per heavy atom. The fourth-order valence-corrected chi connectivity index (χ4v) is 3.86. The van der Waals surface area contributed by atoms with Gasteiger partial charge in [-0.2, -0.15) is 0 Å². The molecule has 0 spiro atoms. The number of carboxylic acids is 1. The number of nitrogens with one attached hydrogen (secondary N) is 1. The maximum Gasteiger partial charge on any atom is 0.326 e. The number of anilines is 1. The van der Waals surface area contributed by atoms with E-state index in [2.05, 4.69) is 5.32 Å². The molecule has 0 radical (unpaired) electrons. The van der Waals surface area contributed by atoms with Crippen LogP contribution >= 0.6 is 0 Å². The predicted molar refractivity (Wildman–Crippen MR) is 102 cm³/mol. The fraction of sp³-hybridized carbons (Fsp3) is 0.529. The molecule has 1 aliphatic rings. The second kappa shape index (κ2) is 9.00. The minimum Gasteiger partial charge on any atom is -0.480 e. The Bertz CT molecular complexity index is 864. The van der Waals surface area contributed by atoms with Crippen molar-refractivity contribution in [2.75, 3.05) is 29.5 Å². The van der Waals surface area contributed by atoms with Gasteiger partial charge in [0.15, 0.2) is 0 Å². The number of nitro groups is 1. The van der Waals surface area contributed by atoms with Gasteiger partial charge in [0.05, 0.1) is 10.7 Å². The molecule has 0 aromatic heterocycles. The number of sulfone groups is 1. The highest BCUT2D eigenvalue weighted by Gasteiger charge is 2.26. The number of rotatable bonds is 9. The van der Waals surface area contributed by atoms with E-state index in [1.807, 2.05) is 4.90 Å². The van der Waals surface area contributed by atoms with Crippen LogP contribution in [-0.4, -0.2) is 61.0 Å². The Balaban J connectivity index is 2.18. The van der Waals surface area contributed by atoms with Crippen LogP contribution in [-0.2, 0) is 14.6 Å². The first-order valence-electron chi connectivity index (χ1n) is 8.92. The van der Waals surface area contributed by atoms with Crippen LogP contribution in [0.15, 0.2) is 18.2 Å². The Kier molecular flexibility index (Phi) is 6.95. The molecule has 28 heavy (non-hydrogen) atoms. The van der Waals surface area contributed by atoms with E-state index in [4.69, 9.17) is 0 Å². The summed E-state index contributed by atoms with van der Waals surface area (Å²) in [6.45, 7) is 2.84. The van der Waals surface area contributed by atoms with Gasteiger partial charge >= 0.3 is 5.97 Å². The highest BCUT2D eigenvalue weighted by atomic mass is 32.2. The van der Waals surface area contributed by atoms with Crippen LogP contribution in [0.5, 0.6) is 0 Å². The molecule has 1 aromatic rings. The van der Waals surface area contributed by atoms with Crippen LogP contribution in [0, 0.1) is 10.1 Å². The number of carbonyl (C=O) groups is 2. The quantitative estimate of drug-likeness (QED) is 0.453.